The number of rotatable bonds is 7. The maximum atomic E-state index is 12.4. The van der Waals surface area contributed by atoms with Gasteiger partial charge in [0.05, 0.1) is 12.7 Å². The van der Waals surface area contributed by atoms with Crippen LogP contribution < -0.4 is 14.8 Å². The van der Waals surface area contributed by atoms with Crippen molar-refractivity contribution in [3.05, 3.63) is 59.2 Å². The van der Waals surface area contributed by atoms with Gasteiger partial charge < -0.3 is 14.8 Å². The highest BCUT2D eigenvalue weighted by Gasteiger charge is 2.16. The molecule has 26 heavy (non-hydrogen) atoms. The molecule has 2 aromatic carbocycles. The van der Waals surface area contributed by atoms with Crippen molar-refractivity contribution in [3.63, 3.8) is 0 Å². The highest BCUT2D eigenvalue weighted by molar-refractivity contribution is 5.94. The Hall–Kier alpha value is -2.49. The number of amides is 1. The third kappa shape index (κ3) is 4.78. The second kappa shape index (κ2) is 8.26. The molecule has 0 aromatic heterocycles. The molecule has 0 aliphatic carbocycles. The number of hydrogen-bond donors (Lipinski definition) is 1. The fraction of sp³-hybridized carbons (Fsp3) is 0.409. The van der Waals surface area contributed by atoms with Gasteiger partial charge in [0.25, 0.3) is 5.91 Å². The predicted octanol–water partition coefficient (Wildman–Crippen LogP) is 4.16. The number of benzene rings is 2. The molecule has 1 unspecified atom stereocenters. The number of carbonyl (C=O) groups excluding carboxylic acids is 1. The molecular weight excluding hydrogens is 326 g/mol. The molecule has 0 fully saturated rings. The van der Waals surface area contributed by atoms with Gasteiger partial charge in [-0.2, -0.15) is 0 Å². The summed E-state index contributed by atoms with van der Waals surface area (Å²) in [6.45, 7) is 6.79. The summed E-state index contributed by atoms with van der Waals surface area (Å²) in [5.74, 6) is 1.78. The van der Waals surface area contributed by atoms with E-state index >= 15 is 0 Å². The molecule has 1 amide bonds. The Kier molecular flexibility index (Phi) is 5.82. The Morgan fingerprint density at radius 1 is 1.15 bits per heavy atom. The standard InChI is InChI=1S/C22H27NO3/c1-15(2)26-20-9-6-17(7-10-20)5-4-16(3)23-22(24)19-8-11-21-18(14-19)12-13-25-21/h6-11,14-16H,4-5,12-13H2,1-3H3,(H,23,24). The Morgan fingerprint density at radius 3 is 2.65 bits per heavy atom. The summed E-state index contributed by atoms with van der Waals surface area (Å²) in [7, 11) is 0. The van der Waals surface area contributed by atoms with E-state index in [0.717, 1.165) is 36.3 Å². The van der Waals surface area contributed by atoms with Gasteiger partial charge in [-0.05, 0) is 75.1 Å². The number of hydrogen-bond acceptors (Lipinski definition) is 3. The van der Waals surface area contributed by atoms with Crippen LogP contribution in [0.3, 0.4) is 0 Å². The predicted molar refractivity (Wildman–Crippen MR) is 103 cm³/mol. The summed E-state index contributed by atoms with van der Waals surface area (Å²) in [5.41, 5.74) is 3.07. The maximum Gasteiger partial charge on any atom is 0.251 e. The molecule has 0 radical (unpaired) electrons. The molecule has 4 nitrogen and oxygen atoms in total. The van der Waals surface area contributed by atoms with Gasteiger partial charge in [-0.25, -0.2) is 0 Å². The second-order valence-electron chi connectivity index (χ2n) is 7.14. The van der Waals surface area contributed by atoms with Crippen LogP contribution in [0.15, 0.2) is 42.5 Å². The van der Waals surface area contributed by atoms with Crippen molar-refractivity contribution in [1.29, 1.82) is 0 Å². The molecule has 2 aromatic rings. The van der Waals surface area contributed by atoms with E-state index in [1.54, 1.807) is 0 Å². The smallest absolute Gasteiger partial charge is 0.251 e. The summed E-state index contributed by atoms with van der Waals surface area (Å²) in [6, 6.07) is 14.0. The molecule has 1 atom stereocenters. The monoisotopic (exact) mass is 353 g/mol. The number of ether oxygens (including phenoxy) is 2. The van der Waals surface area contributed by atoms with Gasteiger partial charge in [0.1, 0.15) is 11.5 Å². The zero-order valence-corrected chi connectivity index (χ0v) is 15.7. The molecule has 1 aliphatic rings. The van der Waals surface area contributed by atoms with Gasteiger partial charge in [-0.3, -0.25) is 4.79 Å². The Morgan fingerprint density at radius 2 is 1.92 bits per heavy atom. The summed E-state index contributed by atoms with van der Waals surface area (Å²) in [4.78, 5) is 12.4. The summed E-state index contributed by atoms with van der Waals surface area (Å²) in [6.07, 6.45) is 2.87. The summed E-state index contributed by atoms with van der Waals surface area (Å²) in [5, 5.41) is 3.09. The lowest BCUT2D eigenvalue weighted by atomic mass is 10.0. The highest BCUT2D eigenvalue weighted by Crippen LogP contribution is 2.25. The van der Waals surface area contributed by atoms with E-state index in [-0.39, 0.29) is 18.1 Å². The lowest BCUT2D eigenvalue weighted by molar-refractivity contribution is 0.0938. The molecule has 138 valence electrons. The normalized spacial score (nSPS) is 13.8. The van der Waals surface area contributed by atoms with Crippen molar-refractivity contribution in [2.45, 2.75) is 52.2 Å². The van der Waals surface area contributed by atoms with Crippen LogP contribution in [0.4, 0.5) is 0 Å². The third-order valence-electron chi connectivity index (χ3n) is 4.49. The van der Waals surface area contributed by atoms with Crippen LogP contribution >= 0.6 is 0 Å². The first-order chi connectivity index (χ1) is 12.5. The van der Waals surface area contributed by atoms with E-state index in [1.807, 2.05) is 51.1 Å². The minimum absolute atomic E-state index is 0.0205. The maximum absolute atomic E-state index is 12.4. The highest BCUT2D eigenvalue weighted by atomic mass is 16.5. The van der Waals surface area contributed by atoms with E-state index in [9.17, 15) is 4.79 Å². The molecular formula is C22H27NO3. The van der Waals surface area contributed by atoms with Gasteiger partial charge in [0.15, 0.2) is 0 Å². The number of nitrogens with one attached hydrogen (secondary N) is 1. The number of aryl methyl sites for hydroxylation is 1. The van der Waals surface area contributed by atoms with Crippen LogP contribution in [0, 0.1) is 0 Å². The molecule has 4 heteroatoms. The van der Waals surface area contributed by atoms with Crippen molar-refractivity contribution in [2.24, 2.45) is 0 Å². The fourth-order valence-corrected chi connectivity index (χ4v) is 3.10. The topological polar surface area (TPSA) is 47.6 Å². The zero-order valence-electron chi connectivity index (χ0n) is 15.7. The van der Waals surface area contributed by atoms with E-state index in [0.29, 0.717) is 12.2 Å². The minimum Gasteiger partial charge on any atom is -0.493 e. The quantitative estimate of drug-likeness (QED) is 0.813. The zero-order chi connectivity index (χ0) is 18.5. The third-order valence-corrected chi connectivity index (χ3v) is 4.49. The van der Waals surface area contributed by atoms with Crippen molar-refractivity contribution in [3.8, 4) is 11.5 Å². The van der Waals surface area contributed by atoms with Crippen molar-refractivity contribution >= 4 is 5.91 Å². The molecule has 1 N–H and O–H groups in total. The molecule has 3 rings (SSSR count). The van der Waals surface area contributed by atoms with E-state index < -0.39 is 0 Å². The first kappa shape index (κ1) is 18.3. The largest absolute Gasteiger partial charge is 0.493 e. The first-order valence-corrected chi connectivity index (χ1v) is 9.33. The van der Waals surface area contributed by atoms with Gasteiger partial charge in [-0.15, -0.1) is 0 Å². The molecule has 0 bridgehead atoms. The lowest BCUT2D eigenvalue weighted by Gasteiger charge is -2.15. The Bertz CT molecular complexity index is 752. The first-order valence-electron chi connectivity index (χ1n) is 9.33. The van der Waals surface area contributed by atoms with Gasteiger partial charge >= 0.3 is 0 Å². The molecule has 1 aliphatic heterocycles. The van der Waals surface area contributed by atoms with E-state index in [4.69, 9.17) is 9.47 Å². The molecule has 0 saturated carbocycles. The fourth-order valence-electron chi connectivity index (χ4n) is 3.10. The van der Waals surface area contributed by atoms with Crippen LogP contribution in [0.2, 0.25) is 0 Å². The van der Waals surface area contributed by atoms with Crippen LogP contribution in [-0.4, -0.2) is 24.7 Å². The average molecular weight is 353 g/mol. The molecule has 0 saturated heterocycles. The molecule has 0 spiro atoms. The lowest BCUT2D eigenvalue weighted by Crippen LogP contribution is -2.32. The van der Waals surface area contributed by atoms with Crippen molar-refractivity contribution < 1.29 is 14.3 Å². The van der Waals surface area contributed by atoms with Crippen LogP contribution in [0.5, 0.6) is 11.5 Å². The van der Waals surface area contributed by atoms with Gasteiger partial charge in [0, 0.05) is 18.0 Å². The van der Waals surface area contributed by atoms with Crippen molar-refractivity contribution in [1.82, 2.24) is 5.32 Å². The van der Waals surface area contributed by atoms with Crippen LogP contribution in [0.1, 0.15) is 48.7 Å². The Labute approximate surface area is 155 Å². The second-order valence-corrected chi connectivity index (χ2v) is 7.14. The summed E-state index contributed by atoms with van der Waals surface area (Å²) >= 11 is 0. The van der Waals surface area contributed by atoms with E-state index in [1.165, 1.54) is 5.56 Å². The van der Waals surface area contributed by atoms with E-state index in [2.05, 4.69) is 17.4 Å². The molecule has 1 heterocycles. The van der Waals surface area contributed by atoms with Crippen LogP contribution in [-0.2, 0) is 12.8 Å². The van der Waals surface area contributed by atoms with Gasteiger partial charge in [0.2, 0.25) is 0 Å². The average Bonchev–Trinajstić information content (AvgIpc) is 3.08. The number of carbonyl (C=O) groups is 1. The van der Waals surface area contributed by atoms with Crippen molar-refractivity contribution in [2.75, 3.05) is 6.61 Å². The van der Waals surface area contributed by atoms with Crippen LogP contribution in [0.25, 0.3) is 0 Å². The SMILES string of the molecule is CC(CCc1ccc(OC(C)C)cc1)NC(=O)c1ccc2c(c1)CCO2. The van der Waals surface area contributed by atoms with Gasteiger partial charge in [-0.1, -0.05) is 12.1 Å². The number of fused-ring (bicyclic) bond motifs is 1. The minimum atomic E-state index is -0.0205. The Balaban J connectivity index is 1.49. The summed E-state index contributed by atoms with van der Waals surface area (Å²) < 4.78 is 11.2.